The van der Waals surface area contributed by atoms with Crippen molar-refractivity contribution < 1.29 is 4.79 Å². The molecule has 9 heteroatoms. The summed E-state index contributed by atoms with van der Waals surface area (Å²) in [6, 6.07) is 12.2. The van der Waals surface area contributed by atoms with Gasteiger partial charge in [-0.25, -0.2) is 0 Å². The molecule has 220 valence electrons. The van der Waals surface area contributed by atoms with Crippen LogP contribution < -0.4 is 17.2 Å². The molecule has 0 spiro atoms. The molecule has 2 aromatic rings. The van der Waals surface area contributed by atoms with E-state index in [4.69, 9.17) is 40.4 Å². The number of carbonyl (C=O) groups excluding carboxylic acids is 1. The third-order valence-electron chi connectivity index (χ3n) is 7.65. The highest BCUT2D eigenvalue weighted by molar-refractivity contribution is 6.42. The van der Waals surface area contributed by atoms with E-state index in [2.05, 4.69) is 60.7 Å². The maximum absolute atomic E-state index is 13.7. The largest absolute Gasteiger partial charge is 0.370 e. The molecule has 0 aliphatic carbocycles. The third kappa shape index (κ3) is 9.65. The SMILES string of the molecule is Cc1ccc(CC(N)CN2CC(CC(C)C)N(C(=O)Cc3ccc(Cl)c(Cl)c3)CC2CCCN=C(N)N)c(C)c1. The summed E-state index contributed by atoms with van der Waals surface area (Å²) in [5.41, 5.74) is 22.6. The molecule has 1 saturated heterocycles. The second-order valence-electron chi connectivity index (χ2n) is 11.7. The van der Waals surface area contributed by atoms with Gasteiger partial charge in [0, 0.05) is 44.3 Å². The summed E-state index contributed by atoms with van der Waals surface area (Å²) in [6.45, 7) is 11.4. The molecule has 40 heavy (non-hydrogen) atoms. The van der Waals surface area contributed by atoms with Crippen molar-refractivity contribution in [3.63, 3.8) is 0 Å². The molecular formula is C31H46Cl2N6O. The Morgan fingerprint density at radius 1 is 1.05 bits per heavy atom. The molecule has 1 fully saturated rings. The Morgan fingerprint density at radius 3 is 2.45 bits per heavy atom. The minimum absolute atomic E-state index is 0.0141. The standard InChI is InChI=1S/C31H46Cl2N6O/c1-20(2)12-27-18-38(17-25(34)16-24-9-7-21(3)13-22(24)4)26(6-5-11-37-31(35)36)19-39(27)30(40)15-23-8-10-28(32)29(33)14-23/h7-10,13-14,20,25-27H,5-6,11-12,15-19,34H2,1-4H3,(H4,35,36,37). The number of rotatable bonds is 12. The average Bonchev–Trinajstić information content (AvgIpc) is 2.86. The van der Waals surface area contributed by atoms with Gasteiger partial charge in [0.1, 0.15) is 0 Å². The van der Waals surface area contributed by atoms with Crippen LogP contribution in [0, 0.1) is 19.8 Å². The van der Waals surface area contributed by atoms with E-state index in [1.165, 1.54) is 16.7 Å². The Kier molecular flexibility index (Phi) is 12.1. The van der Waals surface area contributed by atoms with Crippen molar-refractivity contribution in [2.75, 3.05) is 26.2 Å². The number of aliphatic imine (C=N–C) groups is 1. The smallest absolute Gasteiger partial charge is 0.227 e. The van der Waals surface area contributed by atoms with Gasteiger partial charge in [-0.05, 0) is 74.3 Å². The second-order valence-corrected chi connectivity index (χ2v) is 12.5. The summed E-state index contributed by atoms with van der Waals surface area (Å²) < 4.78 is 0. The van der Waals surface area contributed by atoms with Crippen LogP contribution in [0.5, 0.6) is 0 Å². The van der Waals surface area contributed by atoms with Gasteiger partial charge < -0.3 is 22.1 Å². The lowest BCUT2D eigenvalue weighted by Gasteiger charge is -2.48. The zero-order chi connectivity index (χ0) is 29.4. The predicted octanol–water partition coefficient (Wildman–Crippen LogP) is 4.70. The van der Waals surface area contributed by atoms with E-state index in [0.717, 1.165) is 44.3 Å². The average molecular weight is 590 g/mol. The van der Waals surface area contributed by atoms with Crippen molar-refractivity contribution in [1.29, 1.82) is 0 Å². The van der Waals surface area contributed by atoms with E-state index in [9.17, 15) is 4.79 Å². The van der Waals surface area contributed by atoms with E-state index in [1.54, 1.807) is 12.1 Å². The number of aryl methyl sites for hydroxylation is 2. The van der Waals surface area contributed by atoms with E-state index < -0.39 is 0 Å². The molecule has 1 heterocycles. The van der Waals surface area contributed by atoms with Crippen LogP contribution in [-0.4, -0.2) is 66.0 Å². The minimum atomic E-state index is -0.0141. The Morgan fingerprint density at radius 2 is 1.80 bits per heavy atom. The summed E-state index contributed by atoms with van der Waals surface area (Å²) >= 11 is 12.3. The lowest BCUT2D eigenvalue weighted by atomic mass is 9.93. The molecule has 1 amide bonds. The van der Waals surface area contributed by atoms with Crippen molar-refractivity contribution in [2.45, 2.75) is 77.9 Å². The number of hydrogen-bond acceptors (Lipinski definition) is 4. The van der Waals surface area contributed by atoms with E-state index in [-0.39, 0.29) is 30.0 Å². The lowest BCUT2D eigenvalue weighted by Crippen LogP contribution is -2.62. The van der Waals surface area contributed by atoms with Gasteiger partial charge in [-0.15, -0.1) is 0 Å². The molecule has 0 bridgehead atoms. The number of halogens is 2. The first kappa shape index (κ1) is 32.2. The second kappa shape index (κ2) is 15.1. The molecule has 6 N–H and O–H groups in total. The van der Waals surface area contributed by atoms with Crippen LogP contribution in [-0.2, 0) is 17.6 Å². The fraction of sp³-hybridized carbons (Fsp3) is 0.548. The van der Waals surface area contributed by atoms with E-state index in [0.29, 0.717) is 35.5 Å². The molecule has 3 unspecified atom stereocenters. The quantitative estimate of drug-likeness (QED) is 0.189. The maximum Gasteiger partial charge on any atom is 0.227 e. The van der Waals surface area contributed by atoms with Crippen molar-refractivity contribution in [3.8, 4) is 0 Å². The molecule has 0 aromatic heterocycles. The number of amides is 1. The number of nitrogens with two attached hydrogens (primary N) is 3. The molecule has 0 saturated carbocycles. The Bertz CT molecular complexity index is 1170. The summed E-state index contributed by atoms with van der Waals surface area (Å²) in [4.78, 5) is 22.5. The van der Waals surface area contributed by atoms with Gasteiger partial charge >= 0.3 is 0 Å². The predicted molar refractivity (Wildman–Crippen MR) is 168 cm³/mol. The van der Waals surface area contributed by atoms with Crippen molar-refractivity contribution >= 4 is 35.1 Å². The van der Waals surface area contributed by atoms with Gasteiger partial charge in [-0.3, -0.25) is 14.7 Å². The first-order chi connectivity index (χ1) is 18.9. The Labute approximate surface area is 250 Å². The summed E-state index contributed by atoms with van der Waals surface area (Å²) in [7, 11) is 0. The number of hydrogen-bond donors (Lipinski definition) is 3. The zero-order valence-corrected chi connectivity index (χ0v) is 25.9. The fourth-order valence-electron chi connectivity index (χ4n) is 5.74. The van der Waals surface area contributed by atoms with Gasteiger partial charge in [0.2, 0.25) is 5.91 Å². The molecule has 7 nitrogen and oxygen atoms in total. The monoisotopic (exact) mass is 588 g/mol. The topological polar surface area (TPSA) is 114 Å². The molecule has 1 aliphatic rings. The normalized spacial score (nSPS) is 18.6. The minimum Gasteiger partial charge on any atom is -0.370 e. The van der Waals surface area contributed by atoms with Crippen LogP contribution >= 0.6 is 23.2 Å². The van der Waals surface area contributed by atoms with Crippen molar-refractivity contribution in [3.05, 3.63) is 68.7 Å². The molecule has 0 radical (unpaired) electrons. The Balaban J connectivity index is 1.79. The maximum atomic E-state index is 13.7. The van der Waals surface area contributed by atoms with Crippen LogP contribution in [0.1, 0.15) is 55.4 Å². The van der Waals surface area contributed by atoms with Crippen LogP contribution in [0.25, 0.3) is 0 Å². The van der Waals surface area contributed by atoms with Gasteiger partial charge in [-0.2, -0.15) is 0 Å². The lowest BCUT2D eigenvalue weighted by molar-refractivity contribution is -0.138. The molecular weight excluding hydrogens is 543 g/mol. The number of benzene rings is 2. The van der Waals surface area contributed by atoms with E-state index >= 15 is 0 Å². The molecule has 1 aliphatic heterocycles. The van der Waals surface area contributed by atoms with Crippen LogP contribution in [0.4, 0.5) is 0 Å². The number of carbonyl (C=O) groups is 1. The van der Waals surface area contributed by atoms with E-state index in [1.807, 2.05) is 6.07 Å². The number of guanidine groups is 1. The zero-order valence-electron chi connectivity index (χ0n) is 24.4. The first-order valence-corrected chi connectivity index (χ1v) is 15.0. The van der Waals surface area contributed by atoms with Gasteiger partial charge in [0.05, 0.1) is 16.5 Å². The third-order valence-corrected chi connectivity index (χ3v) is 8.39. The molecule has 2 aromatic carbocycles. The van der Waals surface area contributed by atoms with Crippen LogP contribution in [0.2, 0.25) is 10.0 Å². The van der Waals surface area contributed by atoms with Crippen molar-refractivity contribution in [2.24, 2.45) is 28.1 Å². The number of nitrogens with zero attached hydrogens (tertiary/aromatic N) is 3. The fourth-order valence-corrected chi connectivity index (χ4v) is 6.06. The number of piperazine rings is 1. The van der Waals surface area contributed by atoms with Crippen LogP contribution in [0.3, 0.4) is 0 Å². The van der Waals surface area contributed by atoms with Crippen LogP contribution in [0.15, 0.2) is 41.4 Å². The van der Waals surface area contributed by atoms with Crippen molar-refractivity contribution in [1.82, 2.24) is 9.80 Å². The summed E-state index contributed by atoms with van der Waals surface area (Å²) in [5, 5.41) is 0.952. The Hall–Kier alpha value is -2.32. The van der Waals surface area contributed by atoms with Gasteiger partial charge in [0.25, 0.3) is 0 Å². The highest BCUT2D eigenvalue weighted by Crippen LogP contribution is 2.27. The molecule has 3 rings (SSSR count). The van der Waals surface area contributed by atoms with Gasteiger partial charge in [-0.1, -0.05) is 66.9 Å². The first-order valence-electron chi connectivity index (χ1n) is 14.3. The van der Waals surface area contributed by atoms with Gasteiger partial charge in [0.15, 0.2) is 5.96 Å². The summed E-state index contributed by atoms with van der Waals surface area (Å²) in [5.74, 6) is 0.665. The summed E-state index contributed by atoms with van der Waals surface area (Å²) in [6.07, 6.45) is 3.74. The highest BCUT2D eigenvalue weighted by Gasteiger charge is 2.36. The molecule has 3 atom stereocenters. The highest BCUT2D eigenvalue weighted by atomic mass is 35.5.